The van der Waals surface area contributed by atoms with Crippen molar-refractivity contribution in [2.45, 2.75) is 13.3 Å². The number of halogens is 1. The summed E-state index contributed by atoms with van der Waals surface area (Å²) in [5.41, 5.74) is 1.98. The van der Waals surface area contributed by atoms with Gasteiger partial charge in [-0.2, -0.15) is 4.98 Å². The first-order chi connectivity index (χ1) is 11.1. The van der Waals surface area contributed by atoms with Gasteiger partial charge in [-0.05, 0) is 31.2 Å². The first kappa shape index (κ1) is 14.9. The van der Waals surface area contributed by atoms with Gasteiger partial charge in [0.2, 0.25) is 5.91 Å². The number of rotatable bonds is 4. The van der Waals surface area contributed by atoms with Crippen molar-refractivity contribution in [2.75, 3.05) is 5.32 Å². The van der Waals surface area contributed by atoms with E-state index in [1.54, 1.807) is 12.1 Å². The Bertz CT molecular complexity index is 845. The minimum absolute atomic E-state index is 0.0936. The van der Waals surface area contributed by atoms with Gasteiger partial charge in [-0.1, -0.05) is 35.0 Å². The molecule has 0 saturated heterocycles. The van der Waals surface area contributed by atoms with E-state index >= 15 is 0 Å². The third kappa shape index (κ3) is 3.60. The molecule has 0 fully saturated rings. The summed E-state index contributed by atoms with van der Waals surface area (Å²) in [7, 11) is 0. The summed E-state index contributed by atoms with van der Waals surface area (Å²) in [6.07, 6.45) is -0.0936. The van der Waals surface area contributed by atoms with Crippen LogP contribution in [-0.2, 0) is 11.2 Å². The van der Waals surface area contributed by atoms with Crippen molar-refractivity contribution < 1.29 is 13.7 Å². The molecular weight excluding hydrogens is 297 g/mol. The topological polar surface area (TPSA) is 68.0 Å². The average Bonchev–Trinajstić information content (AvgIpc) is 2.98. The second-order valence-electron chi connectivity index (χ2n) is 5.09. The van der Waals surface area contributed by atoms with Gasteiger partial charge in [-0.25, -0.2) is 4.39 Å². The molecule has 1 heterocycles. The summed E-state index contributed by atoms with van der Waals surface area (Å²) in [6, 6.07) is 13.6. The van der Waals surface area contributed by atoms with Crippen LogP contribution in [0.15, 0.2) is 53.1 Å². The van der Waals surface area contributed by atoms with Crippen LogP contribution >= 0.6 is 0 Å². The fraction of sp³-hybridized carbons (Fsp3) is 0.118. The van der Waals surface area contributed by atoms with Crippen LogP contribution < -0.4 is 5.32 Å². The van der Waals surface area contributed by atoms with E-state index in [0.29, 0.717) is 5.89 Å². The maximum atomic E-state index is 13.5. The van der Waals surface area contributed by atoms with Crippen molar-refractivity contribution in [1.29, 1.82) is 0 Å². The van der Waals surface area contributed by atoms with Crippen LogP contribution in [0.1, 0.15) is 11.4 Å². The maximum Gasteiger partial charge on any atom is 0.257 e. The van der Waals surface area contributed by atoms with Gasteiger partial charge < -0.3 is 9.84 Å². The Balaban J connectivity index is 1.69. The fourth-order valence-electron chi connectivity index (χ4n) is 2.12. The van der Waals surface area contributed by atoms with Crippen molar-refractivity contribution in [3.8, 4) is 11.5 Å². The number of aryl methyl sites for hydroxylation is 1. The van der Waals surface area contributed by atoms with Crippen LogP contribution in [0.4, 0.5) is 10.1 Å². The summed E-state index contributed by atoms with van der Waals surface area (Å²) in [5, 5.41) is 6.27. The summed E-state index contributed by atoms with van der Waals surface area (Å²) in [6.45, 7) is 1.96. The standard InChI is InChI=1S/C17H14FN3O2/c1-11-5-4-6-12(9-11)17-20-15(21-23-17)10-16(22)19-14-8-3-2-7-13(14)18/h2-9H,10H2,1H3,(H,19,22). The lowest BCUT2D eigenvalue weighted by Gasteiger charge is -2.03. The van der Waals surface area contributed by atoms with Gasteiger partial charge >= 0.3 is 0 Å². The molecule has 5 nitrogen and oxygen atoms in total. The molecule has 0 radical (unpaired) electrons. The third-order valence-electron chi connectivity index (χ3n) is 3.20. The fourth-order valence-corrected chi connectivity index (χ4v) is 2.12. The molecule has 0 aliphatic heterocycles. The Morgan fingerprint density at radius 1 is 1.22 bits per heavy atom. The molecule has 1 aromatic heterocycles. The molecule has 0 aliphatic rings. The Hall–Kier alpha value is -3.02. The van der Waals surface area contributed by atoms with E-state index in [0.717, 1.165) is 11.1 Å². The summed E-state index contributed by atoms with van der Waals surface area (Å²) in [5.74, 6) is -0.307. The highest BCUT2D eigenvalue weighted by Crippen LogP contribution is 2.18. The van der Waals surface area contributed by atoms with Crippen LogP contribution in [-0.4, -0.2) is 16.0 Å². The van der Waals surface area contributed by atoms with E-state index in [1.165, 1.54) is 12.1 Å². The highest BCUT2D eigenvalue weighted by molar-refractivity contribution is 5.91. The molecule has 0 spiro atoms. The van der Waals surface area contributed by atoms with E-state index in [9.17, 15) is 9.18 Å². The highest BCUT2D eigenvalue weighted by atomic mass is 19.1. The zero-order valence-electron chi connectivity index (χ0n) is 12.4. The van der Waals surface area contributed by atoms with Crippen molar-refractivity contribution >= 4 is 11.6 Å². The lowest BCUT2D eigenvalue weighted by Crippen LogP contribution is -2.16. The summed E-state index contributed by atoms with van der Waals surface area (Å²) >= 11 is 0. The Labute approximate surface area is 132 Å². The lowest BCUT2D eigenvalue weighted by atomic mass is 10.1. The van der Waals surface area contributed by atoms with Gasteiger partial charge in [0.1, 0.15) is 5.82 Å². The molecule has 2 aromatic carbocycles. The highest BCUT2D eigenvalue weighted by Gasteiger charge is 2.13. The zero-order valence-corrected chi connectivity index (χ0v) is 12.4. The van der Waals surface area contributed by atoms with Crippen molar-refractivity contribution in [3.05, 3.63) is 65.7 Å². The number of nitrogens with one attached hydrogen (secondary N) is 1. The quantitative estimate of drug-likeness (QED) is 0.802. The Kier molecular flexibility index (Phi) is 4.14. The average molecular weight is 311 g/mol. The largest absolute Gasteiger partial charge is 0.334 e. The van der Waals surface area contributed by atoms with E-state index in [1.807, 2.05) is 31.2 Å². The number of amides is 1. The molecule has 0 saturated carbocycles. The van der Waals surface area contributed by atoms with Crippen LogP contribution in [0, 0.1) is 12.7 Å². The number of hydrogen-bond acceptors (Lipinski definition) is 4. The second kappa shape index (κ2) is 6.39. The van der Waals surface area contributed by atoms with E-state index in [-0.39, 0.29) is 17.9 Å². The minimum atomic E-state index is -0.491. The predicted octanol–water partition coefficient (Wildman–Crippen LogP) is 3.37. The van der Waals surface area contributed by atoms with Gasteiger partial charge in [0.15, 0.2) is 5.82 Å². The van der Waals surface area contributed by atoms with Gasteiger partial charge in [-0.15, -0.1) is 0 Å². The van der Waals surface area contributed by atoms with E-state index in [4.69, 9.17) is 4.52 Å². The van der Waals surface area contributed by atoms with E-state index in [2.05, 4.69) is 15.5 Å². The van der Waals surface area contributed by atoms with Gasteiger partial charge in [0.25, 0.3) is 5.89 Å². The predicted molar refractivity (Wildman–Crippen MR) is 83.2 cm³/mol. The zero-order chi connectivity index (χ0) is 16.2. The first-order valence-corrected chi connectivity index (χ1v) is 7.06. The van der Waals surface area contributed by atoms with Crippen LogP contribution in [0.5, 0.6) is 0 Å². The third-order valence-corrected chi connectivity index (χ3v) is 3.20. The summed E-state index contributed by atoms with van der Waals surface area (Å²) < 4.78 is 18.7. The Morgan fingerprint density at radius 2 is 2.04 bits per heavy atom. The number of anilines is 1. The molecule has 0 bridgehead atoms. The normalized spacial score (nSPS) is 10.5. The van der Waals surface area contributed by atoms with Crippen molar-refractivity contribution in [1.82, 2.24) is 10.1 Å². The molecule has 3 rings (SSSR count). The smallest absolute Gasteiger partial charge is 0.257 e. The Morgan fingerprint density at radius 3 is 2.83 bits per heavy atom. The SMILES string of the molecule is Cc1cccc(-c2nc(CC(=O)Nc3ccccc3F)no2)c1. The van der Waals surface area contributed by atoms with Crippen molar-refractivity contribution in [3.63, 3.8) is 0 Å². The molecule has 3 aromatic rings. The van der Waals surface area contributed by atoms with Gasteiger partial charge in [0, 0.05) is 5.56 Å². The molecule has 1 N–H and O–H groups in total. The molecular formula is C17H14FN3O2. The molecule has 0 aliphatic carbocycles. The number of hydrogen-bond donors (Lipinski definition) is 1. The number of benzene rings is 2. The molecule has 0 unspecified atom stereocenters. The number of carbonyl (C=O) groups excluding carboxylic acids is 1. The second-order valence-corrected chi connectivity index (χ2v) is 5.09. The summed E-state index contributed by atoms with van der Waals surface area (Å²) in [4.78, 5) is 16.1. The number of para-hydroxylation sites is 1. The minimum Gasteiger partial charge on any atom is -0.334 e. The first-order valence-electron chi connectivity index (χ1n) is 7.06. The number of nitrogens with zero attached hydrogens (tertiary/aromatic N) is 2. The van der Waals surface area contributed by atoms with Gasteiger partial charge in [0.05, 0.1) is 12.1 Å². The monoisotopic (exact) mass is 311 g/mol. The van der Waals surface area contributed by atoms with Crippen molar-refractivity contribution in [2.24, 2.45) is 0 Å². The molecule has 0 atom stereocenters. The number of aromatic nitrogens is 2. The lowest BCUT2D eigenvalue weighted by molar-refractivity contribution is -0.115. The maximum absolute atomic E-state index is 13.5. The van der Waals surface area contributed by atoms with E-state index < -0.39 is 11.7 Å². The molecule has 23 heavy (non-hydrogen) atoms. The molecule has 1 amide bonds. The van der Waals surface area contributed by atoms with Crippen LogP contribution in [0.2, 0.25) is 0 Å². The molecule has 6 heteroatoms. The van der Waals surface area contributed by atoms with Gasteiger partial charge in [-0.3, -0.25) is 4.79 Å². The molecule has 116 valence electrons. The van der Waals surface area contributed by atoms with Crippen LogP contribution in [0.3, 0.4) is 0 Å². The number of carbonyl (C=O) groups is 1. The van der Waals surface area contributed by atoms with Crippen LogP contribution in [0.25, 0.3) is 11.5 Å².